The van der Waals surface area contributed by atoms with Crippen molar-refractivity contribution in [3.63, 3.8) is 0 Å². The summed E-state index contributed by atoms with van der Waals surface area (Å²) in [7, 11) is 0. The maximum atomic E-state index is 12.5. The van der Waals surface area contributed by atoms with Gasteiger partial charge in [-0.1, -0.05) is 0 Å². The molecule has 0 atom stereocenters. The Bertz CT molecular complexity index is 830. The van der Waals surface area contributed by atoms with Gasteiger partial charge in [-0.3, -0.25) is 10.1 Å². The molecule has 0 aliphatic carbocycles. The van der Waals surface area contributed by atoms with Crippen molar-refractivity contribution >= 4 is 29.1 Å². The van der Waals surface area contributed by atoms with E-state index in [9.17, 15) is 9.59 Å². The number of fused-ring (bicyclic) bond motifs is 1. The van der Waals surface area contributed by atoms with Crippen LogP contribution in [0.2, 0.25) is 0 Å². The molecule has 28 heavy (non-hydrogen) atoms. The van der Waals surface area contributed by atoms with Gasteiger partial charge in [0.05, 0.1) is 5.56 Å². The topological polar surface area (TPSA) is 83.6 Å². The van der Waals surface area contributed by atoms with Crippen LogP contribution in [0.15, 0.2) is 29.8 Å². The van der Waals surface area contributed by atoms with E-state index >= 15 is 0 Å². The lowest BCUT2D eigenvalue weighted by molar-refractivity contribution is 0.0642. The van der Waals surface area contributed by atoms with Crippen LogP contribution in [0.4, 0.5) is 10.6 Å². The molecule has 7 nitrogen and oxygen atoms in total. The van der Waals surface area contributed by atoms with Crippen LogP contribution >= 0.6 is 11.3 Å². The Labute approximate surface area is 168 Å². The van der Waals surface area contributed by atoms with Crippen LogP contribution in [0.5, 0.6) is 0 Å². The number of amides is 3. The highest BCUT2D eigenvalue weighted by Crippen LogP contribution is 2.24. The highest BCUT2D eigenvalue weighted by Gasteiger charge is 2.22. The number of nitrogens with one attached hydrogen (secondary N) is 2. The molecule has 3 amide bonds. The number of carbonyl (C=O) groups excluding carboxylic acids is 2. The van der Waals surface area contributed by atoms with Gasteiger partial charge in [0.15, 0.2) is 0 Å². The van der Waals surface area contributed by atoms with Crippen molar-refractivity contribution in [3.05, 3.63) is 45.8 Å². The lowest BCUT2D eigenvalue weighted by Crippen LogP contribution is -2.38. The Morgan fingerprint density at radius 2 is 2.11 bits per heavy atom. The summed E-state index contributed by atoms with van der Waals surface area (Å²) in [5, 5.41) is 7.85. The van der Waals surface area contributed by atoms with E-state index in [1.807, 2.05) is 0 Å². The zero-order valence-corrected chi connectivity index (χ0v) is 16.5. The summed E-state index contributed by atoms with van der Waals surface area (Å²) < 4.78 is 5.33. The highest BCUT2D eigenvalue weighted by molar-refractivity contribution is 7.10. The van der Waals surface area contributed by atoms with Gasteiger partial charge in [0.2, 0.25) is 0 Å². The van der Waals surface area contributed by atoms with Gasteiger partial charge in [-0.15, -0.1) is 11.3 Å². The van der Waals surface area contributed by atoms with Gasteiger partial charge in [0, 0.05) is 43.9 Å². The second kappa shape index (κ2) is 8.70. The third-order valence-corrected chi connectivity index (χ3v) is 6.27. The number of hydrogen-bond donors (Lipinski definition) is 2. The maximum absolute atomic E-state index is 12.5. The van der Waals surface area contributed by atoms with Crippen LogP contribution in [-0.2, 0) is 17.7 Å². The number of anilines is 1. The van der Waals surface area contributed by atoms with Gasteiger partial charge in [0.1, 0.15) is 5.82 Å². The number of thiophene rings is 1. The number of rotatable bonds is 4. The summed E-state index contributed by atoms with van der Waals surface area (Å²) >= 11 is 1.75. The van der Waals surface area contributed by atoms with Gasteiger partial charge in [-0.2, -0.15) is 0 Å². The average molecular weight is 401 g/mol. The van der Waals surface area contributed by atoms with Crippen molar-refractivity contribution in [1.29, 1.82) is 0 Å². The van der Waals surface area contributed by atoms with Crippen LogP contribution in [0.3, 0.4) is 0 Å². The number of pyridine rings is 1. The molecular weight excluding hydrogens is 376 g/mol. The van der Waals surface area contributed by atoms with E-state index in [4.69, 9.17) is 4.74 Å². The van der Waals surface area contributed by atoms with Crippen molar-refractivity contribution < 1.29 is 14.3 Å². The molecule has 0 aromatic carbocycles. The summed E-state index contributed by atoms with van der Waals surface area (Å²) in [6.45, 7) is 3.51. The van der Waals surface area contributed by atoms with Crippen molar-refractivity contribution in [2.24, 2.45) is 5.92 Å². The Kier molecular flexibility index (Phi) is 5.87. The molecule has 2 aliphatic heterocycles. The average Bonchev–Trinajstić information content (AvgIpc) is 3.21. The van der Waals surface area contributed by atoms with Crippen LogP contribution < -0.4 is 10.6 Å². The molecule has 4 heterocycles. The monoisotopic (exact) mass is 400 g/mol. The molecule has 1 fully saturated rings. The molecule has 2 N–H and O–H groups in total. The maximum Gasteiger partial charge on any atom is 0.323 e. The van der Waals surface area contributed by atoms with E-state index in [1.165, 1.54) is 16.6 Å². The SMILES string of the molecule is O=C(NCC1CCOCC1)c1ccc(NC(=O)N2CCc3sccc3C2)nc1. The number of hydrogen-bond acceptors (Lipinski definition) is 5. The molecule has 4 rings (SSSR count). The summed E-state index contributed by atoms with van der Waals surface area (Å²) in [5.41, 5.74) is 1.71. The number of ether oxygens (including phenoxy) is 1. The van der Waals surface area contributed by atoms with Crippen molar-refractivity contribution in [2.45, 2.75) is 25.8 Å². The summed E-state index contributed by atoms with van der Waals surface area (Å²) in [4.78, 5) is 32.1. The third-order valence-electron chi connectivity index (χ3n) is 5.25. The number of carbonyl (C=O) groups is 2. The van der Waals surface area contributed by atoms with Gasteiger partial charge < -0.3 is 15.0 Å². The number of aromatic nitrogens is 1. The number of urea groups is 1. The van der Waals surface area contributed by atoms with E-state index in [0.29, 0.717) is 36.9 Å². The Hall–Kier alpha value is -2.45. The molecule has 2 aromatic rings. The van der Waals surface area contributed by atoms with Gasteiger partial charge in [0.25, 0.3) is 5.91 Å². The smallest absolute Gasteiger partial charge is 0.323 e. The first kappa shape index (κ1) is 18.9. The van der Waals surface area contributed by atoms with Crippen LogP contribution in [0.1, 0.15) is 33.6 Å². The Morgan fingerprint density at radius 1 is 1.25 bits per heavy atom. The molecule has 0 unspecified atom stereocenters. The molecule has 2 aromatic heterocycles. The summed E-state index contributed by atoms with van der Waals surface area (Å²) in [6.07, 6.45) is 4.35. The predicted octanol–water partition coefficient (Wildman–Crippen LogP) is 2.89. The summed E-state index contributed by atoms with van der Waals surface area (Å²) in [6, 6.07) is 5.27. The van der Waals surface area contributed by atoms with Gasteiger partial charge in [-0.25, -0.2) is 9.78 Å². The lowest BCUT2D eigenvalue weighted by atomic mass is 10.0. The van der Waals surface area contributed by atoms with Crippen molar-refractivity contribution in [1.82, 2.24) is 15.2 Å². The first-order chi connectivity index (χ1) is 13.7. The molecule has 2 aliphatic rings. The fourth-order valence-electron chi connectivity index (χ4n) is 3.50. The minimum absolute atomic E-state index is 0.141. The number of nitrogens with zero attached hydrogens (tertiary/aromatic N) is 2. The van der Waals surface area contributed by atoms with Crippen LogP contribution in [0, 0.1) is 5.92 Å². The standard InChI is InChI=1S/C20H24N4O3S/c25-19(22-11-14-4-8-27-9-5-14)15-1-2-18(21-12-15)23-20(26)24-7-3-17-16(13-24)6-10-28-17/h1-2,6,10,12,14H,3-5,7-9,11,13H2,(H,22,25)(H,21,23,26). The molecule has 0 bridgehead atoms. The van der Waals surface area contributed by atoms with E-state index in [0.717, 1.165) is 32.5 Å². The minimum Gasteiger partial charge on any atom is -0.381 e. The molecular formula is C20H24N4O3S. The fraction of sp³-hybridized carbons (Fsp3) is 0.450. The lowest BCUT2D eigenvalue weighted by Gasteiger charge is -2.26. The molecule has 148 valence electrons. The molecule has 0 spiro atoms. The van der Waals surface area contributed by atoms with Gasteiger partial charge >= 0.3 is 6.03 Å². The normalized spacial score (nSPS) is 17.1. The first-order valence-electron chi connectivity index (χ1n) is 9.62. The Balaban J connectivity index is 1.28. The summed E-state index contributed by atoms with van der Waals surface area (Å²) in [5.74, 6) is 0.775. The minimum atomic E-state index is -0.166. The van der Waals surface area contributed by atoms with Crippen LogP contribution in [-0.4, -0.2) is 48.1 Å². The first-order valence-corrected chi connectivity index (χ1v) is 10.5. The van der Waals surface area contributed by atoms with Crippen molar-refractivity contribution in [2.75, 3.05) is 31.6 Å². The zero-order valence-electron chi connectivity index (χ0n) is 15.6. The predicted molar refractivity (Wildman–Crippen MR) is 108 cm³/mol. The van der Waals surface area contributed by atoms with E-state index in [-0.39, 0.29) is 11.9 Å². The van der Waals surface area contributed by atoms with Gasteiger partial charge in [-0.05, 0) is 54.3 Å². The Morgan fingerprint density at radius 3 is 2.89 bits per heavy atom. The second-order valence-corrected chi connectivity index (χ2v) is 8.17. The quantitative estimate of drug-likeness (QED) is 0.827. The highest BCUT2D eigenvalue weighted by atomic mass is 32.1. The van der Waals surface area contributed by atoms with E-state index in [2.05, 4.69) is 27.1 Å². The fourth-order valence-corrected chi connectivity index (χ4v) is 4.39. The van der Waals surface area contributed by atoms with Crippen molar-refractivity contribution in [3.8, 4) is 0 Å². The second-order valence-electron chi connectivity index (χ2n) is 7.17. The molecule has 1 saturated heterocycles. The third kappa shape index (κ3) is 4.51. The van der Waals surface area contributed by atoms with Crippen LogP contribution in [0.25, 0.3) is 0 Å². The van der Waals surface area contributed by atoms with E-state index in [1.54, 1.807) is 28.4 Å². The molecule has 0 radical (unpaired) electrons. The zero-order chi connectivity index (χ0) is 19.3. The molecule has 8 heteroatoms. The molecule has 0 saturated carbocycles. The largest absolute Gasteiger partial charge is 0.381 e. The van der Waals surface area contributed by atoms with E-state index < -0.39 is 0 Å².